The summed E-state index contributed by atoms with van der Waals surface area (Å²) in [5, 5.41) is 8.65. The molecule has 1 N–H and O–H groups in total. The highest BCUT2D eigenvalue weighted by molar-refractivity contribution is 5.78. The smallest absolute Gasteiger partial charge is 0.320 e. The highest BCUT2D eigenvalue weighted by Gasteiger charge is 2.35. The Balaban J connectivity index is 2.07. The first-order valence-corrected chi connectivity index (χ1v) is 5.73. The zero-order valence-corrected chi connectivity index (χ0v) is 10.1. The SMILES string of the molecule is CN1C(=O)N(CCC(=O)O)CC1c1cccnc1. The minimum absolute atomic E-state index is 0.0284. The highest BCUT2D eigenvalue weighted by atomic mass is 16.4. The van der Waals surface area contributed by atoms with Gasteiger partial charge in [-0.1, -0.05) is 6.07 Å². The molecule has 6 nitrogen and oxygen atoms in total. The van der Waals surface area contributed by atoms with E-state index in [9.17, 15) is 9.59 Å². The molecule has 0 radical (unpaired) electrons. The third-order valence-electron chi connectivity index (χ3n) is 3.10. The minimum Gasteiger partial charge on any atom is -0.481 e. The lowest BCUT2D eigenvalue weighted by molar-refractivity contribution is -0.137. The van der Waals surface area contributed by atoms with Crippen LogP contribution < -0.4 is 0 Å². The van der Waals surface area contributed by atoms with Crippen molar-refractivity contribution in [2.45, 2.75) is 12.5 Å². The molecule has 1 atom stereocenters. The lowest BCUT2D eigenvalue weighted by Crippen LogP contribution is -2.31. The molecule has 1 aromatic heterocycles. The molecule has 2 rings (SSSR count). The number of hydrogen-bond donors (Lipinski definition) is 1. The maximum Gasteiger partial charge on any atom is 0.320 e. The monoisotopic (exact) mass is 249 g/mol. The van der Waals surface area contributed by atoms with Gasteiger partial charge in [0.25, 0.3) is 0 Å². The number of carboxylic acid groups (broad SMARTS) is 1. The fourth-order valence-corrected chi connectivity index (χ4v) is 2.09. The molecule has 0 saturated carbocycles. The number of rotatable bonds is 4. The molecule has 1 aromatic rings. The molecule has 18 heavy (non-hydrogen) atoms. The quantitative estimate of drug-likeness (QED) is 0.862. The van der Waals surface area contributed by atoms with Crippen LogP contribution >= 0.6 is 0 Å². The van der Waals surface area contributed by atoms with Gasteiger partial charge in [-0.25, -0.2) is 4.79 Å². The van der Waals surface area contributed by atoms with Crippen molar-refractivity contribution in [1.29, 1.82) is 0 Å². The van der Waals surface area contributed by atoms with Crippen molar-refractivity contribution in [3.63, 3.8) is 0 Å². The predicted octanol–water partition coefficient (Wildman–Crippen LogP) is 0.965. The molecule has 0 aliphatic carbocycles. The van der Waals surface area contributed by atoms with Crippen LogP contribution in [0.1, 0.15) is 18.0 Å². The molecule has 1 unspecified atom stereocenters. The third-order valence-corrected chi connectivity index (χ3v) is 3.10. The molecule has 96 valence electrons. The van der Waals surface area contributed by atoms with Crippen molar-refractivity contribution < 1.29 is 14.7 Å². The van der Waals surface area contributed by atoms with E-state index in [2.05, 4.69) is 4.98 Å². The number of aromatic nitrogens is 1. The normalized spacial score (nSPS) is 19.4. The number of likely N-dealkylation sites (N-methyl/N-ethyl adjacent to an activating group) is 1. The van der Waals surface area contributed by atoms with Crippen LogP contribution in [0, 0.1) is 0 Å². The van der Waals surface area contributed by atoms with Gasteiger partial charge in [0.15, 0.2) is 0 Å². The van der Waals surface area contributed by atoms with Gasteiger partial charge in [0.1, 0.15) is 0 Å². The molecule has 2 amide bonds. The van der Waals surface area contributed by atoms with Crippen molar-refractivity contribution in [1.82, 2.24) is 14.8 Å². The van der Waals surface area contributed by atoms with E-state index in [0.717, 1.165) is 5.56 Å². The van der Waals surface area contributed by atoms with Gasteiger partial charge in [-0.2, -0.15) is 0 Å². The van der Waals surface area contributed by atoms with Crippen molar-refractivity contribution in [3.8, 4) is 0 Å². The lowest BCUT2D eigenvalue weighted by atomic mass is 10.1. The Kier molecular flexibility index (Phi) is 3.45. The van der Waals surface area contributed by atoms with E-state index < -0.39 is 5.97 Å². The number of hydrogen-bond acceptors (Lipinski definition) is 3. The van der Waals surface area contributed by atoms with E-state index >= 15 is 0 Å². The van der Waals surface area contributed by atoms with Crippen molar-refractivity contribution in [2.75, 3.05) is 20.1 Å². The van der Waals surface area contributed by atoms with Crippen LogP contribution in [-0.2, 0) is 4.79 Å². The van der Waals surface area contributed by atoms with E-state index in [1.54, 1.807) is 29.2 Å². The first-order chi connectivity index (χ1) is 8.59. The number of aliphatic carboxylic acids is 1. The topological polar surface area (TPSA) is 73.7 Å². The number of nitrogens with zero attached hydrogens (tertiary/aromatic N) is 3. The number of amides is 2. The van der Waals surface area contributed by atoms with Gasteiger partial charge in [-0.05, 0) is 11.6 Å². The van der Waals surface area contributed by atoms with E-state index in [4.69, 9.17) is 5.11 Å². The highest BCUT2D eigenvalue weighted by Crippen LogP contribution is 2.27. The molecular formula is C12H15N3O3. The standard InChI is InChI=1S/C12H15N3O3/c1-14-10(9-3-2-5-13-7-9)8-15(12(14)18)6-4-11(16)17/h2-3,5,7,10H,4,6,8H2,1H3,(H,16,17). The predicted molar refractivity (Wildman–Crippen MR) is 64.0 cm³/mol. The number of carboxylic acids is 1. The largest absolute Gasteiger partial charge is 0.481 e. The maximum absolute atomic E-state index is 11.9. The van der Waals surface area contributed by atoms with Gasteiger partial charge < -0.3 is 14.9 Å². The van der Waals surface area contributed by atoms with Crippen molar-refractivity contribution in [3.05, 3.63) is 30.1 Å². The Labute approximate surface area is 105 Å². The number of carbonyl (C=O) groups excluding carboxylic acids is 1. The second kappa shape index (κ2) is 5.03. The zero-order valence-electron chi connectivity index (χ0n) is 10.1. The van der Waals surface area contributed by atoms with Crippen LogP contribution in [0.3, 0.4) is 0 Å². The van der Waals surface area contributed by atoms with Crippen LogP contribution in [0.15, 0.2) is 24.5 Å². The Hall–Kier alpha value is -2.11. The molecule has 6 heteroatoms. The van der Waals surface area contributed by atoms with E-state index in [1.165, 1.54) is 0 Å². The van der Waals surface area contributed by atoms with Gasteiger partial charge in [0.05, 0.1) is 12.5 Å². The summed E-state index contributed by atoms with van der Waals surface area (Å²) in [5.41, 5.74) is 0.964. The van der Waals surface area contributed by atoms with Gasteiger partial charge in [0, 0.05) is 32.5 Å². The molecule has 0 spiro atoms. The fourth-order valence-electron chi connectivity index (χ4n) is 2.09. The van der Waals surface area contributed by atoms with Crippen LogP contribution in [0.5, 0.6) is 0 Å². The molecule has 0 bridgehead atoms. The lowest BCUT2D eigenvalue weighted by Gasteiger charge is -2.17. The van der Waals surface area contributed by atoms with Gasteiger partial charge >= 0.3 is 12.0 Å². The molecule has 1 aliphatic rings. The summed E-state index contributed by atoms with van der Waals surface area (Å²) in [6.07, 6.45) is 3.39. The third kappa shape index (κ3) is 2.42. The first-order valence-electron chi connectivity index (χ1n) is 5.73. The van der Waals surface area contributed by atoms with Crippen molar-refractivity contribution >= 4 is 12.0 Å². The Morgan fingerprint density at radius 1 is 1.61 bits per heavy atom. The average Bonchev–Trinajstić information content (AvgIpc) is 2.65. The number of urea groups is 1. The van der Waals surface area contributed by atoms with Gasteiger partial charge in [-0.15, -0.1) is 0 Å². The summed E-state index contributed by atoms with van der Waals surface area (Å²) in [7, 11) is 1.72. The molecule has 1 aliphatic heterocycles. The van der Waals surface area contributed by atoms with E-state index in [0.29, 0.717) is 6.54 Å². The molecular weight excluding hydrogens is 234 g/mol. The average molecular weight is 249 g/mol. The Morgan fingerprint density at radius 3 is 3.00 bits per heavy atom. The minimum atomic E-state index is -0.893. The molecule has 2 heterocycles. The van der Waals surface area contributed by atoms with Crippen LogP contribution in [0.25, 0.3) is 0 Å². The van der Waals surface area contributed by atoms with Crippen LogP contribution in [0.2, 0.25) is 0 Å². The van der Waals surface area contributed by atoms with Gasteiger partial charge in [-0.3, -0.25) is 9.78 Å². The van der Waals surface area contributed by atoms with E-state index in [-0.39, 0.29) is 25.0 Å². The fraction of sp³-hybridized carbons (Fsp3) is 0.417. The van der Waals surface area contributed by atoms with E-state index in [1.807, 2.05) is 12.1 Å². The zero-order chi connectivity index (χ0) is 13.1. The second-order valence-electron chi connectivity index (χ2n) is 4.29. The number of carbonyl (C=O) groups is 2. The summed E-state index contributed by atoms with van der Waals surface area (Å²) < 4.78 is 0. The molecule has 0 aromatic carbocycles. The van der Waals surface area contributed by atoms with Crippen LogP contribution in [0.4, 0.5) is 4.79 Å². The Morgan fingerprint density at radius 2 is 2.39 bits per heavy atom. The second-order valence-corrected chi connectivity index (χ2v) is 4.29. The summed E-state index contributed by atoms with van der Waals surface area (Å²) in [6.45, 7) is 0.754. The summed E-state index contributed by atoms with van der Waals surface area (Å²) in [4.78, 5) is 29.7. The molecule has 1 fully saturated rings. The number of pyridine rings is 1. The molecule has 1 saturated heterocycles. The summed E-state index contributed by atoms with van der Waals surface area (Å²) >= 11 is 0. The van der Waals surface area contributed by atoms with Gasteiger partial charge in [0.2, 0.25) is 0 Å². The Bertz CT molecular complexity index is 449. The summed E-state index contributed by atoms with van der Waals surface area (Å²) in [6, 6.07) is 3.56. The first kappa shape index (κ1) is 12.3. The van der Waals surface area contributed by atoms with Crippen molar-refractivity contribution in [2.24, 2.45) is 0 Å². The van der Waals surface area contributed by atoms with Crippen LogP contribution in [-0.4, -0.2) is 52.0 Å². The summed E-state index contributed by atoms with van der Waals surface area (Å²) in [5.74, 6) is -0.893. The maximum atomic E-state index is 11.9.